The molecule has 0 spiro atoms. The van der Waals surface area contributed by atoms with Crippen LogP contribution in [0.1, 0.15) is 63.0 Å². The van der Waals surface area contributed by atoms with Gasteiger partial charge in [-0.15, -0.1) is 0 Å². The van der Waals surface area contributed by atoms with Crippen molar-refractivity contribution in [3.63, 3.8) is 0 Å². The Morgan fingerprint density at radius 2 is 1.65 bits per heavy atom. The molecule has 0 amide bonds. The monoisotopic (exact) mass is 274 g/mol. The number of rotatable bonds is 10. The molecule has 0 radical (unpaired) electrons. The Hall–Kier alpha value is -1.15. The number of hydrogen-bond acceptors (Lipinski definition) is 2. The lowest BCUT2D eigenvalue weighted by molar-refractivity contribution is -0.112. The maximum Gasteiger partial charge on any atom is 0.171 e. The summed E-state index contributed by atoms with van der Waals surface area (Å²) in [6, 6.07) is 8.36. The Morgan fingerprint density at radius 3 is 2.20 bits per heavy atom. The standard InChI is InChI=1S/C18H26O2/c1-2-3-4-5-6-7-8-9-16-10-12-17(13-11-16)18(14-19)15-20-18/h10-14H,2-9,15H2,1H3. The average molecular weight is 274 g/mol. The molecule has 1 heterocycles. The van der Waals surface area contributed by atoms with Crippen molar-refractivity contribution in [1.29, 1.82) is 0 Å². The molecule has 0 saturated carbocycles. The lowest BCUT2D eigenvalue weighted by atomic mass is 9.98. The minimum Gasteiger partial charge on any atom is -0.356 e. The highest BCUT2D eigenvalue weighted by Gasteiger charge is 2.46. The van der Waals surface area contributed by atoms with Gasteiger partial charge in [0.25, 0.3) is 0 Å². The van der Waals surface area contributed by atoms with Crippen LogP contribution in [0.3, 0.4) is 0 Å². The van der Waals surface area contributed by atoms with E-state index in [1.165, 1.54) is 50.5 Å². The number of carbonyl (C=O) groups is 1. The van der Waals surface area contributed by atoms with Crippen LogP contribution in [0, 0.1) is 0 Å². The van der Waals surface area contributed by atoms with E-state index in [1.807, 2.05) is 12.1 Å². The number of aldehydes is 1. The summed E-state index contributed by atoms with van der Waals surface area (Å²) in [7, 11) is 0. The fourth-order valence-corrected chi connectivity index (χ4v) is 2.62. The predicted molar refractivity (Wildman–Crippen MR) is 81.8 cm³/mol. The first-order chi connectivity index (χ1) is 9.80. The SMILES string of the molecule is CCCCCCCCCc1ccc(C2(C=O)CO2)cc1. The summed E-state index contributed by atoms with van der Waals surface area (Å²) < 4.78 is 5.25. The highest BCUT2D eigenvalue weighted by Crippen LogP contribution is 2.36. The normalized spacial score (nSPS) is 20.9. The number of ether oxygens (including phenoxy) is 1. The van der Waals surface area contributed by atoms with E-state index < -0.39 is 5.60 Å². The van der Waals surface area contributed by atoms with Gasteiger partial charge in [0.05, 0.1) is 6.61 Å². The second-order valence-electron chi connectivity index (χ2n) is 5.86. The first kappa shape index (κ1) is 15.2. The second kappa shape index (κ2) is 7.58. The number of hydrogen-bond donors (Lipinski definition) is 0. The van der Waals surface area contributed by atoms with Gasteiger partial charge < -0.3 is 4.74 Å². The van der Waals surface area contributed by atoms with Crippen LogP contribution in [-0.4, -0.2) is 12.9 Å². The maximum atomic E-state index is 11.0. The zero-order chi connectivity index (χ0) is 14.3. The highest BCUT2D eigenvalue weighted by atomic mass is 16.6. The molecule has 0 bridgehead atoms. The molecule has 1 aliphatic heterocycles. The smallest absolute Gasteiger partial charge is 0.171 e. The maximum absolute atomic E-state index is 11.0. The number of epoxide rings is 1. The van der Waals surface area contributed by atoms with Crippen molar-refractivity contribution in [3.8, 4) is 0 Å². The molecule has 2 rings (SSSR count). The molecule has 2 heteroatoms. The van der Waals surface area contributed by atoms with Crippen LogP contribution in [0.25, 0.3) is 0 Å². The van der Waals surface area contributed by atoms with Crippen LogP contribution in [-0.2, 0) is 21.6 Å². The summed E-state index contributed by atoms with van der Waals surface area (Å²) in [4.78, 5) is 11.0. The second-order valence-corrected chi connectivity index (χ2v) is 5.86. The van der Waals surface area contributed by atoms with E-state index in [1.54, 1.807) is 0 Å². The van der Waals surface area contributed by atoms with Gasteiger partial charge in [-0.25, -0.2) is 0 Å². The van der Waals surface area contributed by atoms with Crippen molar-refractivity contribution in [2.45, 2.75) is 63.9 Å². The molecular weight excluding hydrogens is 248 g/mol. The van der Waals surface area contributed by atoms with Crippen molar-refractivity contribution >= 4 is 6.29 Å². The molecule has 1 unspecified atom stereocenters. The Balaban J connectivity index is 1.65. The largest absolute Gasteiger partial charge is 0.356 e. The van der Waals surface area contributed by atoms with Crippen molar-refractivity contribution in [2.24, 2.45) is 0 Å². The quantitative estimate of drug-likeness (QED) is 0.359. The van der Waals surface area contributed by atoms with E-state index in [2.05, 4.69) is 19.1 Å². The molecule has 1 aromatic rings. The van der Waals surface area contributed by atoms with E-state index >= 15 is 0 Å². The van der Waals surface area contributed by atoms with Gasteiger partial charge in [-0.2, -0.15) is 0 Å². The highest BCUT2D eigenvalue weighted by molar-refractivity contribution is 5.69. The summed E-state index contributed by atoms with van der Waals surface area (Å²) in [5.41, 5.74) is 1.75. The third kappa shape index (κ3) is 4.17. The Bertz CT molecular complexity index is 404. The molecule has 0 aliphatic carbocycles. The van der Waals surface area contributed by atoms with Crippen LogP contribution < -0.4 is 0 Å². The lowest BCUT2D eigenvalue weighted by Crippen LogP contribution is -2.09. The van der Waals surface area contributed by atoms with Gasteiger partial charge in [0.1, 0.15) is 0 Å². The van der Waals surface area contributed by atoms with Crippen molar-refractivity contribution in [3.05, 3.63) is 35.4 Å². The summed E-state index contributed by atoms with van der Waals surface area (Å²) in [6.45, 7) is 2.79. The van der Waals surface area contributed by atoms with Crippen LogP contribution in [0.15, 0.2) is 24.3 Å². The fraction of sp³-hybridized carbons (Fsp3) is 0.611. The van der Waals surface area contributed by atoms with Gasteiger partial charge in [-0.3, -0.25) is 4.79 Å². The van der Waals surface area contributed by atoms with Crippen LogP contribution >= 0.6 is 0 Å². The first-order valence-electron chi connectivity index (χ1n) is 8.00. The van der Waals surface area contributed by atoms with E-state index in [0.717, 1.165) is 18.3 Å². The van der Waals surface area contributed by atoms with Gasteiger partial charge >= 0.3 is 0 Å². The molecule has 2 nitrogen and oxygen atoms in total. The molecular formula is C18H26O2. The molecule has 20 heavy (non-hydrogen) atoms. The topological polar surface area (TPSA) is 29.6 Å². The number of aryl methyl sites for hydroxylation is 1. The lowest BCUT2D eigenvalue weighted by Gasteiger charge is -2.06. The third-order valence-electron chi connectivity index (χ3n) is 4.16. The Labute approximate surface area is 122 Å². The van der Waals surface area contributed by atoms with Crippen LogP contribution in [0.2, 0.25) is 0 Å². The number of benzene rings is 1. The zero-order valence-electron chi connectivity index (χ0n) is 12.6. The molecule has 0 N–H and O–H groups in total. The number of carbonyl (C=O) groups excluding carboxylic acids is 1. The summed E-state index contributed by atoms with van der Waals surface area (Å²) in [5, 5.41) is 0. The molecule has 1 atom stereocenters. The minimum absolute atomic E-state index is 0.535. The predicted octanol–water partition coefficient (Wildman–Crippen LogP) is 4.40. The van der Waals surface area contributed by atoms with Crippen molar-refractivity contribution in [2.75, 3.05) is 6.61 Å². The first-order valence-corrected chi connectivity index (χ1v) is 8.00. The van der Waals surface area contributed by atoms with Gasteiger partial charge in [-0.05, 0) is 24.0 Å². The Morgan fingerprint density at radius 1 is 1.05 bits per heavy atom. The van der Waals surface area contributed by atoms with Gasteiger partial charge in [-0.1, -0.05) is 69.7 Å². The molecule has 1 fully saturated rings. The van der Waals surface area contributed by atoms with Crippen LogP contribution in [0.4, 0.5) is 0 Å². The summed E-state index contributed by atoms with van der Waals surface area (Å²) in [6.07, 6.45) is 11.5. The molecule has 1 saturated heterocycles. The molecule has 1 aliphatic rings. The van der Waals surface area contributed by atoms with E-state index in [9.17, 15) is 4.79 Å². The average Bonchev–Trinajstić information content (AvgIpc) is 3.28. The van der Waals surface area contributed by atoms with Gasteiger partial charge in [0.2, 0.25) is 0 Å². The van der Waals surface area contributed by atoms with Gasteiger partial charge in [0, 0.05) is 0 Å². The summed E-state index contributed by atoms with van der Waals surface area (Å²) >= 11 is 0. The fourth-order valence-electron chi connectivity index (χ4n) is 2.62. The van der Waals surface area contributed by atoms with Crippen molar-refractivity contribution < 1.29 is 9.53 Å². The number of unbranched alkanes of at least 4 members (excludes halogenated alkanes) is 6. The third-order valence-corrected chi connectivity index (χ3v) is 4.16. The van der Waals surface area contributed by atoms with Gasteiger partial charge in [0.15, 0.2) is 11.9 Å². The van der Waals surface area contributed by atoms with E-state index in [4.69, 9.17) is 4.74 Å². The van der Waals surface area contributed by atoms with Crippen LogP contribution in [0.5, 0.6) is 0 Å². The summed E-state index contributed by atoms with van der Waals surface area (Å²) in [5.74, 6) is 0. The minimum atomic E-state index is -0.613. The van der Waals surface area contributed by atoms with E-state index in [0.29, 0.717) is 6.61 Å². The van der Waals surface area contributed by atoms with E-state index in [-0.39, 0.29) is 0 Å². The van der Waals surface area contributed by atoms with Crippen molar-refractivity contribution in [1.82, 2.24) is 0 Å². The molecule has 110 valence electrons. The zero-order valence-corrected chi connectivity index (χ0v) is 12.6. The molecule has 1 aromatic carbocycles. The Kier molecular flexibility index (Phi) is 5.78. The molecule has 0 aromatic heterocycles.